The van der Waals surface area contributed by atoms with E-state index in [1.807, 2.05) is 6.07 Å². The maximum Gasteiger partial charge on any atom is 0.252 e. The number of fused-ring (bicyclic) bond motifs is 2. The van der Waals surface area contributed by atoms with Crippen LogP contribution >= 0.6 is 11.6 Å². The normalized spacial score (nSPS) is 15.1. The molecular formula is C27H18ClFN4O3S. The van der Waals surface area contributed by atoms with Crippen molar-refractivity contribution in [1.29, 1.82) is 0 Å². The Morgan fingerprint density at radius 3 is 2.62 bits per heavy atom. The fourth-order valence-corrected chi connectivity index (χ4v) is 6.30. The Balaban J connectivity index is 1.56. The summed E-state index contributed by atoms with van der Waals surface area (Å²) >= 11 is 6.39. The number of nitrogens with zero attached hydrogens (tertiary/aromatic N) is 3. The Morgan fingerprint density at radius 2 is 1.81 bits per heavy atom. The number of sulfone groups is 1. The Morgan fingerprint density at radius 1 is 1.00 bits per heavy atom. The maximum atomic E-state index is 14.2. The van der Waals surface area contributed by atoms with Crippen molar-refractivity contribution in [2.45, 2.75) is 16.7 Å². The predicted molar refractivity (Wildman–Crippen MR) is 136 cm³/mol. The van der Waals surface area contributed by atoms with Gasteiger partial charge >= 0.3 is 0 Å². The Labute approximate surface area is 216 Å². The van der Waals surface area contributed by atoms with Gasteiger partial charge in [-0.05, 0) is 71.3 Å². The van der Waals surface area contributed by atoms with Crippen LogP contribution in [0.3, 0.4) is 0 Å². The van der Waals surface area contributed by atoms with Crippen LogP contribution < -0.4 is 5.32 Å². The molecule has 1 aliphatic rings. The highest BCUT2D eigenvalue weighted by molar-refractivity contribution is 7.90. The zero-order chi connectivity index (χ0) is 25.7. The minimum atomic E-state index is -3.77. The molecule has 0 saturated heterocycles. The van der Waals surface area contributed by atoms with Crippen LogP contribution in [0.4, 0.5) is 4.39 Å². The first-order chi connectivity index (χ1) is 17.8. The minimum absolute atomic E-state index is 0.163. The molecular weight excluding hydrogens is 515 g/mol. The first-order valence-electron chi connectivity index (χ1n) is 11.3. The molecule has 10 heteroatoms. The number of aromatic nitrogens is 3. The Bertz CT molecular complexity index is 1810. The summed E-state index contributed by atoms with van der Waals surface area (Å²) in [5.41, 5.74) is 3.54. The van der Waals surface area contributed by atoms with Crippen LogP contribution in [0.1, 0.15) is 33.1 Å². The lowest BCUT2D eigenvalue weighted by molar-refractivity contribution is 0.0960. The second-order valence-electron chi connectivity index (χ2n) is 8.72. The monoisotopic (exact) mass is 532 g/mol. The van der Waals surface area contributed by atoms with Crippen LogP contribution in [-0.4, -0.2) is 28.9 Å². The second-order valence-corrected chi connectivity index (χ2v) is 11.1. The van der Waals surface area contributed by atoms with E-state index < -0.39 is 27.6 Å². The molecule has 5 aromatic rings. The molecule has 3 heterocycles. The van der Waals surface area contributed by atoms with Gasteiger partial charge in [0.15, 0.2) is 15.5 Å². The van der Waals surface area contributed by atoms with E-state index in [4.69, 9.17) is 11.6 Å². The SMILES string of the molecule is O=C1NC(c2cc(F)ccc2Cl)c2c(CS(=O)(=O)c3ccccc3)cc(-c3ccc4ncnn4c3)cc21. The van der Waals surface area contributed by atoms with E-state index in [2.05, 4.69) is 15.4 Å². The molecule has 6 rings (SSSR count). The molecule has 1 amide bonds. The van der Waals surface area contributed by atoms with Gasteiger partial charge < -0.3 is 5.32 Å². The van der Waals surface area contributed by atoms with Gasteiger partial charge in [-0.3, -0.25) is 4.79 Å². The molecule has 0 fully saturated rings. The molecule has 3 aromatic carbocycles. The number of hydrogen-bond donors (Lipinski definition) is 1. The van der Waals surface area contributed by atoms with Crippen molar-refractivity contribution in [1.82, 2.24) is 19.9 Å². The summed E-state index contributed by atoms with van der Waals surface area (Å²) in [4.78, 5) is 17.5. The van der Waals surface area contributed by atoms with Crippen LogP contribution in [0.25, 0.3) is 16.8 Å². The zero-order valence-corrected chi connectivity index (χ0v) is 20.7. The molecule has 37 heavy (non-hydrogen) atoms. The van der Waals surface area contributed by atoms with Crippen molar-refractivity contribution in [3.63, 3.8) is 0 Å². The van der Waals surface area contributed by atoms with Crippen LogP contribution in [0, 0.1) is 5.82 Å². The first kappa shape index (κ1) is 23.3. The van der Waals surface area contributed by atoms with Gasteiger partial charge in [0.25, 0.3) is 5.91 Å². The lowest BCUT2D eigenvalue weighted by atomic mass is 9.91. The topological polar surface area (TPSA) is 93.4 Å². The summed E-state index contributed by atoms with van der Waals surface area (Å²) in [5.74, 6) is -1.28. The number of amides is 1. The minimum Gasteiger partial charge on any atom is -0.341 e. The number of nitrogens with one attached hydrogen (secondary N) is 1. The van der Waals surface area contributed by atoms with Crippen molar-refractivity contribution in [3.8, 4) is 11.1 Å². The van der Waals surface area contributed by atoms with Crippen LogP contribution in [-0.2, 0) is 15.6 Å². The van der Waals surface area contributed by atoms with Gasteiger partial charge in [-0.2, -0.15) is 5.10 Å². The van der Waals surface area contributed by atoms with Crippen LogP contribution in [0.5, 0.6) is 0 Å². The van der Waals surface area contributed by atoms with Gasteiger partial charge in [0.1, 0.15) is 12.1 Å². The van der Waals surface area contributed by atoms with E-state index >= 15 is 0 Å². The molecule has 1 atom stereocenters. The molecule has 7 nitrogen and oxygen atoms in total. The summed E-state index contributed by atoms with van der Waals surface area (Å²) < 4.78 is 42.6. The number of halogens is 2. The van der Waals surface area contributed by atoms with Gasteiger partial charge in [-0.25, -0.2) is 22.3 Å². The summed E-state index contributed by atoms with van der Waals surface area (Å²) in [6.07, 6.45) is 3.19. The molecule has 0 radical (unpaired) electrons. The number of carbonyl (C=O) groups is 1. The lowest BCUT2D eigenvalue weighted by Crippen LogP contribution is -2.20. The van der Waals surface area contributed by atoms with Gasteiger partial charge in [-0.15, -0.1) is 0 Å². The van der Waals surface area contributed by atoms with Crippen molar-refractivity contribution >= 4 is 33.0 Å². The van der Waals surface area contributed by atoms with Crippen molar-refractivity contribution in [3.05, 3.63) is 118 Å². The number of hydrogen-bond acceptors (Lipinski definition) is 5. The van der Waals surface area contributed by atoms with E-state index in [1.165, 1.54) is 36.7 Å². The summed E-state index contributed by atoms with van der Waals surface area (Å²) in [6, 6.07) is 18.3. The highest BCUT2D eigenvalue weighted by atomic mass is 35.5. The number of pyridine rings is 1. The van der Waals surface area contributed by atoms with Crippen LogP contribution in [0.15, 0.2) is 90.2 Å². The maximum absolute atomic E-state index is 14.2. The molecule has 0 saturated carbocycles. The molecule has 2 aromatic heterocycles. The quantitative estimate of drug-likeness (QED) is 0.344. The van der Waals surface area contributed by atoms with Crippen molar-refractivity contribution in [2.24, 2.45) is 0 Å². The summed E-state index contributed by atoms with van der Waals surface area (Å²) in [6.45, 7) is 0. The third-order valence-corrected chi connectivity index (χ3v) is 8.42. The predicted octanol–water partition coefficient (Wildman–Crippen LogP) is 5.00. The van der Waals surface area contributed by atoms with Crippen molar-refractivity contribution < 1.29 is 17.6 Å². The van der Waals surface area contributed by atoms with Gasteiger partial charge in [0.2, 0.25) is 0 Å². The highest BCUT2D eigenvalue weighted by Gasteiger charge is 2.35. The van der Waals surface area contributed by atoms with Crippen LogP contribution in [0.2, 0.25) is 5.02 Å². The summed E-state index contributed by atoms with van der Waals surface area (Å²) in [7, 11) is -3.77. The average molecular weight is 533 g/mol. The van der Waals surface area contributed by atoms with E-state index in [1.54, 1.807) is 47.1 Å². The fourth-order valence-electron chi connectivity index (χ4n) is 4.68. The van der Waals surface area contributed by atoms with E-state index in [-0.39, 0.29) is 15.7 Å². The highest BCUT2D eigenvalue weighted by Crippen LogP contribution is 2.40. The van der Waals surface area contributed by atoms with E-state index in [0.717, 1.165) is 5.56 Å². The van der Waals surface area contributed by atoms with Gasteiger partial charge in [0, 0.05) is 27.9 Å². The smallest absolute Gasteiger partial charge is 0.252 e. The Hall–Kier alpha value is -4.08. The molecule has 0 aliphatic carbocycles. The number of carbonyl (C=O) groups excluding carboxylic acids is 1. The van der Waals surface area contributed by atoms with E-state index in [0.29, 0.717) is 33.5 Å². The number of rotatable bonds is 5. The zero-order valence-electron chi connectivity index (χ0n) is 19.1. The Kier molecular flexibility index (Phi) is 5.54. The lowest BCUT2D eigenvalue weighted by Gasteiger charge is -2.19. The fraction of sp³-hybridized carbons (Fsp3) is 0.0741. The number of benzene rings is 3. The van der Waals surface area contributed by atoms with E-state index in [9.17, 15) is 17.6 Å². The average Bonchev–Trinajstić information content (AvgIpc) is 3.50. The first-order valence-corrected chi connectivity index (χ1v) is 13.3. The largest absolute Gasteiger partial charge is 0.341 e. The molecule has 184 valence electrons. The molecule has 1 unspecified atom stereocenters. The molecule has 0 spiro atoms. The third-order valence-electron chi connectivity index (χ3n) is 6.40. The third kappa shape index (κ3) is 4.16. The van der Waals surface area contributed by atoms with Crippen molar-refractivity contribution in [2.75, 3.05) is 0 Å². The van der Waals surface area contributed by atoms with Gasteiger partial charge in [-0.1, -0.05) is 29.8 Å². The van der Waals surface area contributed by atoms with Gasteiger partial charge in [0.05, 0.1) is 16.7 Å². The molecule has 1 N–H and O–H groups in total. The molecule has 1 aliphatic heterocycles. The standard InChI is InChI=1S/C27H18ClFN4O3S/c28-23-8-7-19(29)12-21(23)26-25-18(14-37(35,36)20-4-2-1-3-5-20)10-17(11-22(25)27(34)32-26)16-6-9-24-30-15-31-33(24)13-16/h1-13,15,26H,14H2,(H,32,34). The second kappa shape index (κ2) is 8.79. The molecule has 0 bridgehead atoms. The summed E-state index contributed by atoms with van der Waals surface area (Å²) in [5, 5.41) is 7.29.